The van der Waals surface area contributed by atoms with E-state index in [0.29, 0.717) is 17.1 Å². The molecular weight excluding hydrogens is 259 g/mol. The van der Waals surface area contributed by atoms with Gasteiger partial charge in [-0.25, -0.2) is 4.39 Å². The Hall–Kier alpha value is -2.62. The zero-order chi connectivity index (χ0) is 13.9. The van der Waals surface area contributed by atoms with Crippen LogP contribution in [0.3, 0.4) is 0 Å². The lowest BCUT2D eigenvalue weighted by atomic mass is 10.1. The number of ether oxygens (including phenoxy) is 2. The number of rotatable bonds is 3. The molecule has 2 aromatic rings. The predicted octanol–water partition coefficient (Wildman–Crippen LogP) is 3.45. The van der Waals surface area contributed by atoms with Crippen molar-refractivity contribution < 1.29 is 18.7 Å². The van der Waals surface area contributed by atoms with E-state index in [-0.39, 0.29) is 18.4 Å². The molecular formula is C16H11FO3. The molecule has 0 bridgehead atoms. The van der Waals surface area contributed by atoms with Crippen LogP contribution in [0.4, 0.5) is 4.39 Å². The van der Waals surface area contributed by atoms with E-state index < -0.39 is 0 Å². The molecule has 0 saturated carbocycles. The highest BCUT2D eigenvalue weighted by Gasteiger charge is 2.12. The fourth-order valence-corrected chi connectivity index (χ4v) is 1.90. The van der Waals surface area contributed by atoms with E-state index in [1.807, 2.05) is 6.07 Å². The molecule has 1 aliphatic rings. The quantitative estimate of drug-likeness (QED) is 0.633. The van der Waals surface area contributed by atoms with Crippen molar-refractivity contribution in [2.24, 2.45) is 0 Å². The minimum Gasteiger partial charge on any atom is -0.454 e. The van der Waals surface area contributed by atoms with Crippen LogP contribution >= 0.6 is 0 Å². The molecule has 2 aromatic carbocycles. The van der Waals surface area contributed by atoms with E-state index in [9.17, 15) is 9.18 Å². The van der Waals surface area contributed by atoms with Crippen molar-refractivity contribution in [1.82, 2.24) is 0 Å². The number of hydrogen-bond acceptors (Lipinski definition) is 3. The van der Waals surface area contributed by atoms with E-state index >= 15 is 0 Å². The van der Waals surface area contributed by atoms with Crippen molar-refractivity contribution >= 4 is 11.9 Å². The maximum absolute atomic E-state index is 12.8. The van der Waals surface area contributed by atoms with Gasteiger partial charge in [0.2, 0.25) is 6.79 Å². The number of fused-ring (bicyclic) bond motifs is 1. The Labute approximate surface area is 115 Å². The molecule has 0 radical (unpaired) electrons. The lowest BCUT2D eigenvalue weighted by molar-refractivity contribution is 0.104. The zero-order valence-electron chi connectivity index (χ0n) is 10.5. The molecule has 0 unspecified atom stereocenters. The average molecular weight is 270 g/mol. The molecule has 0 saturated heterocycles. The summed E-state index contributed by atoms with van der Waals surface area (Å²) in [6, 6.07) is 10.9. The predicted molar refractivity (Wildman–Crippen MR) is 72.3 cm³/mol. The molecule has 0 fully saturated rings. The third-order valence-electron chi connectivity index (χ3n) is 2.95. The fourth-order valence-electron chi connectivity index (χ4n) is 1.90. The van der Waals surface area contributed by atoms with E-state index in [1.54, 1.807) is 18.2 Å². The van der Waals surface area contributed by atoms with Gasteiger partial charge < -0.3 is 9.47 Å². The summed E-state index contributed by atoms with van der Waals surface area (Å²) in [6.45, 7) is 0.219. The highest BCUT2D eigenvalue weighted by Crippen LogP contribution is 2.32. The molecule has 3 rings (SSSR count). The van der Waals surface area contributed by atoms with Gasteiger partial charge in [-0.05, 0) is 48.0 Å². The third kappa shape index (κ3) is 2.54. The van der Waals surface area contributed by atoms with Crippen LogP contribution in [0.25, 0.3) is 6.08 Å². The van der Waals surface area contributed by atoms with E-state index in [4.69, 9.17) is 9.47 Å². The van der Waals surface area contributed by atoms with Crippen LogP contribution in [0.2, 0.25) is 0 Å². The van der Waals surface area contributed by atoms with Crippen molar-refractivity contribution in [2.45, 2.75) is 0 Å². The summed E-state index contributed by atoms with van der Waals surface area (Å²) < 4.78 is 23.2. The number of carbonyl (C=O) groups is 1. The first-order chi connectivity index (χ1) is 9.72. The summed E-state index contributed by atoms with van der Waals surface area (Å²) >= 11 is 0. The molecule has 1 heterocycles. The summed E-state index contributed by atoms with van der Waals surface area (Å²) in [7, 11) is 0. The maximum Gasteiger partial charge on any atom is 0.231 e. The van der Waals surface area contributed by atoms with Gasteiger partial charge in [0, 0.05) is 5.56 Å². The molecule has 3 nitrogen and oxygen atoms in total. The lowest BCUT2D eigenvalue weighted by Gasteiger charge is -1.98. The molecule has 1 aliphatic heterocycles. The number of ketones is 1. The van der Waals surface area contributed by atoms with Crippen molar-refractivity contribution in [3.63, 3.8) is 0 Å². The second-order valence-corrected chi connectivity index (χ2v) is 4.32. The number of allylic oxidation sites excluding steroid dienone is 1. The van der Waals surface area contributed by atoms with Gasteiger partial charge in [0.1, 0.15) is 5.82 Å². The topological polar surface area (TPSA) is 35.5 Å². The third-order valence-corrected chi connectivity index (χ3v) is 2.95. The SMILES string of the molecule is O=C(C=Cc1ccc2c(c1)OCO2)c1ccc(F)cc1. The second kappa shape index (κ2) is 5.17. The van der Waals surface area contributed by atoms with Crippen molar-refractivity contribution in [2.75, 3.05) is 6.79 Å². The molecule has 0 atom stereocenters. The van der Waals surface area contributed by atoms with Gasteiger partial charge in [0.15, 0.2) is 17.3 Å². The van der Waals surface area contributed by atoms with E-state index in [1.165, 1.54) is 30.3 Å². The van der Waals surface area contributed by atoms with E-state index in [0.717, 1.165) is 5.56 Å². The summed E-state index contributed by atoms with van der Waals surface area (Å²) in [6.07, 6.45) is 3.14. The Morgan fingerprint density at radius 2 is 1.80 bits per heavy atom. The Kier molecular flexibility index (Phi) is 3.21. The first kappa shape index (κ1) is 12.4. The first-order valence-corrected chi connectivity index (χ1v) is 6.10. The number of halogens is 1. The zero-order valence-corrected chi connectivity index (χ0v) is 10.5. The average Bonchev–Trinajstić information content (AvgIpc) is 2.93. The largest absolute Gasteiger partial charge is 0.454 e. The molecule has 100 valence electrons. The fraction of sp³-hybridized carbons (Fsp3) is 0.0625. The minimum atomic E-state index is -0.360. The Morgan fingerprint density at radius 1 is 1.05 bits per heavy atom. The van der Waals surface area contributed by atoms with Crippen molar-refractivity contribution in [1.29, 1.82) is 0 Å². The van der Waals surface area contributed by atoms with Crippen molar-refractivity contribution in [3.05, 3.63) is 65.5 Å². The van der Waals surface area contributed by atoms with Crippen LogP contribution < -0.4 is 9.47 Å². The van der Waals surface area contributed by atoms with E-state index in [2.05, 4.69) is 0 Å². The summed E-state index contributed by atoms with van der Waals surface area (Å²) in [5.74, 6) is 0.831. The second-order valence-electron chi connectivity index (χ2n) is 4.32. The molecule has 0 spiro atoms. The first-order valence-electron chi connectivity index (χ1n) is 6.10. The molecule has 20 heavy (non-hydrogen) atoms. The van der Waals surface area contributed by atoms with Gasteiger partial charge in [0.05, 0.1) is 0 Å². The highest BCUT2D eigenvalue weighted by molar-refractivity contribution is 6.06. The van der Waals surface area contributed by atoms with Crippen LogP contribution in [0.5, 0.6) is 11.5 Å². The summed E-state index contributed by atoms with van der Waals surface area (Å²) in [4.78, 5) is 11.9. The van der Waals surface area contributed by atoms with Crippen LogP contribution in [0.1, 0.15) is 15.9 Å². The molecule has 0 N–H and O–H groups in total. The lowest BCUT2D eigenvalue weighted by Crippen LogP contribution is -1.93. The normalized spacial score (nSPS) is 12.8. The van der Waals surface area contributed by atoms with Gasteiger partial charge in [-0.3, -0.25) is 4.79 Å². The molecule has 0 amide bonds. The smallest absolute Gasteiger partial charge is 0.231 e. The maximum atomic E-state index is 12.8. The number of hydrogen-bond donors (Lipinski definition) is 0. The van der Waals surface area contributed by atoms with Gasteiger partial charge >= 0.3 is 0 Å². The van der Waals surface area contributed by atoms with Crippen LogP contribution in [0.15, 0.2) is 48.5 Å². The molecule has 0 aliphatic carbocycles. The van der Waals surface area contributed by atoms with Crippen LogP contribution in [-0.2, 0) is 0 Å². The van der Waals surface area contributed by atoms with Gasteiger partial charge in [-0.15, -0.1) is 0 Å². The molecule has 4 heteroatoms. The molecule has 0 aromatic heterocycles. The Morgan fingerprint density at radius 3 is 2.60 bits per heavy atom. The summed E-state index contributed by atoms with van der Waals surface area (Å²) in [5.41, 5.74) is 1.29. The Balaban J connectivity index is 1.76. The Bertz CT molecular complexity index is 675. The summed E-state index contributed by atoms with van der Waals surface area (Å²) in [5, 5.41) is 0. The van der Waals surface area contributed by atoms with Crippen molar-refractivity contribution in [3.8, 4) is 11.5 Å². The van der Waals surface area contributed by atoms with Gasteiger partial charge in [-0.1, -0.05) is 12.1 Å². The number of benzene rings is 2. The van der Waals surface area contributed by atoms with Gasteiger partial charge in [-0.2, -0.15) is 0 Å². The van der Waals surface area contributed by atoms with Crippen LogP contribution in [-0.4, -0.2) is 12.6 Å². The van der Waals surface area contributed by atoms with Crippen LogP contribution in [0, 0.1) is 5.82 Å². The van der Waals surface area contributed by atoms with Gasteiger partial charge in [0.25, 0.3) is 0 Å². The highest BCUT2D eigenvalue weighted by atomic mass is 19.1. The monoisotopic (exact) mass is 270 g/mol. The minimum absolute atomic E-state index is 0.178. The number of carbonyl (C=O) groups excluding carboxylic acids is 1. The standard InChI is InChI=1S/C16H11FO3/c17-13-5-3-12(4-6-13)14(18)7-1-11-2-8-15-16(9-11)20-10-19-15/h1-9H,10H2.